The highest BCUT2D eigenvalue weighted by Crippen LogP contribution is 2.24. The van der Waals surface area contributed by atoms with Gasteiger partial charge in [0.05, 0.1) is 10.9 Å². The second kappa shape index (κ2) is 6.04. The topological polar surface area (TPSA) is 72.7 Å². The molecule has 0 bridgehead atoms. The van der Waals surface area contributed by atoms with Crippen molar-refractivity contribution < 1.29 is 4.79 Å². The average Bonchev–Trinajstić information content (AvgIpc) is 2.88. The fourth-order valence-corrected chi connectivity index (χ4v) is 2.63. The fraction of sp³-hybridized carbons (Fsp3) is 0.385. The van der Waals surface area contributed by atoms with Crippen LogP contribution in [0.5, 0.6) is 0 Å². The summed E-state index contributed by atoms with van der Waals surface area (Å²) in [7, 11) is 1.62. The average molecular weight is 291 g/mol. The Hall–Kier alpha value is -1.89. The van der Waals surface area contributed by atoms with Crippen LogP contribution in [-0.2, 0) is 4.79 Å². The summed E-state index contributed by atoms with van der Waals surface area (Å²) < 4.78 is 1.67. The van der Waals surface area contributed by atoms with Crippen molar-refractivity contribution in [2.24, 2.45) is 0 Å². The monoisotopic (exact) mass is 291 g/mol. The number of tetrazole rings is 1. The zero-order valence-electron chi connectivity index (χ0n) is 11.9. The lowest BCUT2D eigenvalue weighted by Crippen LogP contribution is -2.27. The third-order valence-electron chi connectivity index (χ3n) is 2.93. The number of rotatable bonds is 4. The van der Waals surface area contributed by atoms with Crippen LogP contribution in [-0.4, -0.2) is 38.4 Å². The van der Waals surface area contributed by atoms with Crippen molar-refractivity contribution in [1.82, 2.24) is 25.5 Å². The highest BCUT2D eigenvalue weighted by atomic mass is 32.2. The van der Waals surface area contributed by atoms with Gasteiger partial charge in [0, 0.05) is 7.05 Å². The Bertz CT molecular complexity index is 625. The molecule has 0 aliphatic carbocycles. The predicted molar refractivity (Wildman–Crippen MR) is 78.0 cm³/mol. The summed E-state index contributed by atoms with van der Waals surface area (Å²) in [6.07, 6.45) is 0. The molecule has 0 spiro atoms. The van der Waals surface area contributed by atoms with Crippen LogP contribution < -0.4 is 5.32 Å². The van der Waals surface area contributed by atoms with E-state index in [1.165, 1.54) is 11.8 Å². The quantitative estimate of drug-likeness (QED) is 0.864. The van der Waals surface area contributed by atoms with Crippen LogP contribution >= 0.6 is 11.8 Å². The van der Waals surface area contributed by atoms with Crippen LogP contribution in [0.1, 0.15) is 18.1 Å². The Kier molecular flexibility index (Phi) is 4.39. The lowest BCUT2D eigenvalue weighted by Gasteiger charge is -2.11. The van der Waals surface area contributed by atoms with Crippen LogP contribution in [0, 0.1) is 13.8 Å². The number of carbonyl (C=O) groups excluding carboxylic acids is 1. The maximum Gasteiger partial charge on any atom is 0.233 e. The number of hydrogen-bond donors (Lipinski definition) is 1. The van der Waals surface area contributed by atoms with E-state index in [0.29, 0.717) is 5.16 Å². The van der Waals surface area contributed by atoms with Gasteiger partial charge >= 0.3 is 0 Å². The lowest BCUT2D eigenvalue weighted by atomic mass is 10.1. The van der Waals surface area contributed by atoms with Crippen molar-refractivity contribution in [2.75, 3.05) is 7.05 Å². The van der Waals surface area contributed by atoms with Gasteiger partial charge in [0.25, 0.3) is 0 Å². The van der Waals surface area contributed by atoms with E-state index in [-0.39, 0.29) is 11.2 Å². The highest BCUT2D eigenvalue weighted by Gasteiger charge is 2.18. The molecule has 1 aromatic heterocycles. The van der Waals surface area contributed by atoms with Crippen LogP contribution in [0.3, 0.4) is 0 Å². The van der Waals surface area contributed by atoms with Gasteiger partial charge in [-0.25, -0.2) is 0 Å². The molecule has 0 radical (unpaired) electrons. The molecule has 0 aliphatic rings. The van der Waals surface area contributed by atoms with Crippen molar-refractivity contribution in [1.29, 1.82) is 0 Å². The molecule has 6 nitrogen and oxygen atoms in total. The highest BCUT2D eigenvalue weighted by molar-refractivity contribution is 8.00. The van der Waals surface area contributed by atoms with Gasteiger partial charge in [-0.2, -0.15) is 4.68 Å². The number of carbonyl (C=O) groups is 1. The first kappa shape index (κ1) is 14.5. The van der Waals surface area contributed by atoms with E-state index in [2.05, 4.69) is 20.8 Å². The van der Waals surface area contributed by atoms with E-state index >= 15 is 0 Å². The Labute approximate surface area is 121 Å². The van der Waals surface area contributed by atoms with Gasteiger partial charge in [-0.3, -0.25) is 4.79 Å². The molecular formula is C13H17N5OS. The maximum absolute atomic E-state index is 11.6. The molecule has 7 heteroatoms. The Balaban J connectivity index is 2.33. The van der Waals surface area contributed by atoms with Crippen LogP contribution in [0.4, 0.5) is 0 Å². The number of aromatic nitrogens is 4. The first-order valence-corrected chi connectivity index (χ1v) is 7.15. The summed E-state index contributed by atoms with van der Waals surface area (Å²) >= 11 is 1.33. The number of thioether (sulfide) groups is 1. The van der Waals surface area contributed by atoms with Crippen LogP contribution in [0.2, 0.25) is 0 Å². The number of benzene rings is 1. The van der Waals surface area contributed by atoms with E-state index in [0.717, 1.165) is 16.8 Å². The minimum Gasteiger partial charge on any atom is -0.358 e. The van der Waals surface area contributed by atoms with Crippen LogP contribution in [0.25, 0.3) is 5.69 Å². The normalized spacial score (nSPS) is 12.2. The first-order chi connectivity index (χ1) is 9.52. The Morgan fingerprint density at radius 3 is 2.85 bits per heavy atom. The van der Waals surface area contributed by atoms with Crippen LogP contribution in [0.15, 0.2) is 23.4 Å². The zero-order valence-corrected chi connectivity index (χ0v) is 12.7. The third kappa shape index (κ3) is 2.98. The molecule has 1 aromatic carbocycles. The summed E-state index contributed by atoms with van der Waals surface area (Å²) in [4.78, 5) is 11.6. The molecule has 0 unspecified atom stereocenters. The number of nitrogens with zero attached hydrogens (tertiary/aromatic N) is 4. The standard InChI is InChI=1S/C13H17N5OS/c1-8-5-6-9(2)11(7-8)18-13(15-16-17-18)20-10(3)12(19)14-4/h5-7,10H,1-4H3,(H,14,19)/t10-/m1/s1. The summed E-state index contributed by atoms with van der Waals surface area (Å²) in [6.45, 7) is 5.85. The Morgan fingerprint density at radius 2 is 2.15 bits per heavy atom. The largest absolute Gasteiger partial charge is 0.358 e. The SMILES string of the molecule is CNC(=O)[C@@H](C)Sc1nnnn1-c1cc(C)ccc1C. The molecule has 1 heterocycles. The van der Waals surface area contributed by atoms with Gasteiger partial charge in [-0.1, -0.05) is 23.9 Å². The van der Waals surface area contributed by atoms with Gasteiger partial charge in [-0.05, 0) is 48.4 Å². The van der Waals surface area contributed by atoms with E-state index in [1.807, 2.05) is 39.0 Å². The van der Waals surface area contributed by atoms with Crippen molar-refractivity contribution >= 4 is 17.7 Å². The number of aryl methyl sites for hydroxylation is 2. The molecule has 0 saturated heterocycles. The minimum atomic E-state index is -0.255. The second-order valence-corrected chi connectivity index (χ2v) is 5.85. The van der Waals surface area contributed by atoms with Gasteiger partial charge < -0.3 is 5.32 Å². The molecule has 1 amide bonds. The molecule has 2 aromatic rings. The van der Waals surface area contributed by atoms with Crippen molar-refractivity contribution in [3.05, 3.63) is 29.3 Å². The maximum atomic E-state index is 11.6. The molecule has 1 atom stereocenters. The number of amides is 1. The van der Waals surface area contributed by atoms with E-state index in [9.17, 15) is 4.79 Å². The van der Waals surface area contributed by atoms with Gasteiger partial charge in [0.1, 0.15) is 0 Å². The third-order valence-corrected chi connectivity index (χ3v) is 3.96. The lowest BCUT2D eigenvalue weighted by molar-refractivity contribution is -0.119. The summed E-state index contributed by atoms with van der Waals surface area (Å²) in [5, 5.41) is 14.7. The van der Waals surface area contributed by atoms with Gasteiger partial charge in [0.2, 0.25) is 11.1 Å². The minimum absolute atomic E-state index is 0.0504. The molecule has 106 valence electrons. The smallest absolute Gasteiger partial charge is 0.233 e. The molecule has 20 heavy (non-hydrogen) atoms. The molecule has 0 fully saturated rings. The zero-order chi connectivity index (χ0) is 14.7. The summed E-state index contributed by atoms with van der Waals surface area (Å²) in [5.41, 5.74) is 3.15. The van der Waals surface area contributed by atoms with Gasteiger partial charge in [-0.15, -0.1) is 5.10 Å². The first-order valence-electron chi connectivity index (χ1n) is 6.27. The van der Waals surface area contributed by atoms with Gasteiger partial charge in [0.15, 0.2) is 0 Å². The summed E-state index contributed by atoms with van der Waals surface area (Å²) in [5.74, 6) is -0.0504. The second-order valence-electron chi connectivity index (χ2n) is 4.54. The Morgan fingerprint density at radius 1 is 1.40 bits per heavy atom. The van der Waals surface area contributed by atoms with E-state index in [1.54, 1.807) is 11.7 Å². The molecule has 0 saturated carbocycles. The predicted octanol–water partition coefficient (Wildman–Crippen LogP) is 1.51. The van der Waals surface area contributed by atoms with E-state index < -0.39 is 0 Å². The van der Waals surface area contributed by atoms with Crippen molar-refractivity contribution in [3.63, 3.8) is 0 Å². The van der Waals surface area contributed by atoms with E-state index in [4.69, 9.17) is 0 Å². The number of hydrogen-bond acceptors (Lipinski definition) is 5. The molecule has 1 N–H and O–H groups in total. The molecule has 2 rings (SSSR count). The number of nitrogens with one attached hydrogen (secondary N) is 1. The van der Waals surface area contributed by atoms with Crippen molar-refractivity contribution in [2.45, 2.75) is 31.2 Å². The summed E-state index contributed by atoms with van der Waals surface area (Å²) in [6, 6.07) is 6.10. The fourth-order valence-electron chi connectivity index (χ4n) is 1.77. The molecular weight excluding hydrogens is 274 g/mol. The molecule has 0 aliphatic heterocycles. The van der Waals surface area contributed by atoms with Crippen molar-refractivity contribution in [3.8, 4) is 5.69 Å².